The average Bonchev–Trinajstić information content (AvgIpc) is 2.83. The Morgan fingerprint density at radius 2 is 2.10 bits per heavy atom. The lowest BCUT2D eigenvalue weighted by Gasteiger charge is -2.07. The van der Waals surface area contributed by atoms with Gasteiger partial charge in [-0.2, -0.15) is 0 Å². The summed E-state index contributed by atoms with van der Waals surface area (Å²) < 4.78 is 4.04. The van der Waals surface area contributed by atoms with Gasteiger partial charge in [-0.25, -0.2) is 13.9 Å². The molecule has 20 heavy (non-hydrogen) atoms. The molecule has 2 rings (SSSR count). The summed E-state index contributed by atoms with van der Waals surface area (Å²) in [5, 5.41) is 27.6. The van der Waals surface area contributed by atoms with Crippen LogP contribution >= 0.6 is 0 Å². The Kier molecular flexibility index (Phi) is 6.25. The van der Waals surface area contributed by atoms with Gasteiger partial charge in [0.25, 0.3) is 0 Å². The molecule has 1 aromatic carbocycles. The molecular weight excluding hydrogens is 260 g/mol. The van der Waals surface area contributed by atoms with Gasteiger partial charge in [0.05, 0.1) is 19.2 Å². The summed E-state index contributed by atoms with van der Waals surface area (Å²) >= 11 is 0. The summed E-state index contributed by atoms with van der Waals surface area (Å²) in [6, 6.07) is 5.54. The first-order valence-corrected chi connectivity index (χ1v) is 6.16. The van der Waals surface area contributed by atoms with Gasteiger partial charge in [0.2, 0.25) is 6.33 Å². The summed E-state index contributed by atoms with van der Waals surface area (Å²) in [7, 11) is 1.98. The first kappa shape index (κ1) is 15.7. The van der Waals surface area contributed by atoms with E-state index >= 15 is 0 Å². The van der Waals surface area contributed by atoms with Crippen molar-refractivity contribution in [3.05, 3.63) is 48.5 Å². The Hall–Kier alpha value is -2.34. The largest absolute Gasteiger partial charge is 0.872 e. The summed E-state index contributed by atoms with van der Waals surface area (Å²) in [5.41, 5.74) is -0.178. The van der Waals surface area contributed by atoms with Crippen molar-refractivity contribution in [2.45, 2.75) is 13.0 Å². The SMILES string of the molecule is C[n+]1ccn(CCCO)c1.O=C(O)c1ccccc1[O-]. The molecule has 0 bridgehead atoms. The molecule has 0 radical (unpaired) electrons. The van der Waals surface area contributed by atoms with Gasteiger partial charge in [0.1, 0.15) is 12.4 Å². The molecule has 0 aliphatic rings. The second-order valence-corrected chi connectivity index (χ2v) is 4.20. The fourth-order valence-corrected chi connectivity index (χ4v) is 1.53. The van der Waals surface area contributed by atoms with Gasteiger partial charge in [0, 0.05) is 13.0 Å². The lowest BCUT2D eigenvalue weighted by Crippen LogP contribution is -2.23. The molecule has 108 valence electrons. The number of carboxylic acid groups (broad SMARTS) is 1. The molecule has 2 N–H and O–H groups in total. The van der Waals surface area contributed by atoms with Crippen LogP contribution in [0.25, 0.3) is 0 Å². The Labute approximate surface area is 117 Å². The standard InChI is InChI=1S/C7H13N2O.C7H6O3/c1-8-4-5-9(7-8)3-2-6-10;8-6-4-2-1-3-5(6)7(9)10/h4-5,7,10H,2-3,6H2,1H3;1-4,8H,(H,9,10)/q+1;/p-1. The smallest absolute Gasteiger partial charge is 0.335 e. The van der Waals surface area contributed by atoms with Crippen LogP contribution in [0.2, 0.25) is 0 Å². The van der Waals surface area contributed by atoms with Gasteiger partial charge in [-0.1, -0.05) is 23.9 Å². The van der Waals surface area contributed by atoms with E-state index < -0.39 is 11.7 Å². The summed E-state index contributed by atoms with van der Waals surface area (Å²) in [4.78, 5) is 10.2. The van der Waals surface area contributed by atoms with Gasteiger partial charge in [-0.3, -0.25) is 0 Å². The minimum absolute atomic E-state index is 0.178. The minimum atomic E-state index is -1.18. The van der Waals surface area contributed by atoms with E-state index in [0.717, 1.165) is 13.0 Å². The molecule has 0 aliphatic heterocycles. The molecular formula is C14H18N2O4. The predicted octanol–water partition coefficient (Wildman–Crippen LogP) is 0.153. The minimum Gasteiger partial charge on any atom is -0.872 e. The van der Waals surface area contributed by atoms with Gasteiger partial charge < -0.3 is 15.3 Å². The third kappa shape index (κ3) is 5.11. The highest BCUT2D eigenvalue weighted by Gasteiger charge is 1.99. The van der Waals surface area contributed by atoms with Gasteiger partial charge in [-0.05, 0) is 6.07 Å². The second kappa shape index (κ2) is 7.96. The van der Waals surface area contributed by atoms with E-state index in [1.807, 2.05) is 30.3 Å². The molecule has 1 heterocycles. The lowest BCUT2D eigenvalue weighted by atomic mass is 10.2. The number of para-hydroxylation sites is 1. The molecule has 0 spiro atoms. The highest BCUT2D eigenvalue weighted by atomic mass is 16.4. The van der Waals surface area contributed by atoms with E-state index in [1.165, 1.54) is 24.3 Å². The van der Waals surface area contributed by atoms with Crippen LogP contribution in [-0.4, -0.2) is 27.4 Å². The molecule has 2 aromatic rings. The van der Waals surface area contributed by atoms with Crippen molar-refractivity contribution in [3.63, 3.8) is 0 Å². The van der Waals surface area contributed by atoms with Crippen LogP contribution in [0.15, 0.2) is 43.0 Å². The highest BCUT2D eigenvalue weighted by molar-refractivity contribution is 5.90. The fraction of sp³-hybridized carbons (Fsp3) is 0.286. The zero-order chi connectivity index (χ0) is 15.0. The number of benzene rings is 1. The number of hydrogen-bond acceptors (Lipinski definition) is 3. The highest BCUT2D eigenvalue weighted by Crippen LogP contribution is 2.10. The lowest BCUT2D eigenvalue weighted by molar-refractivity contribution is -0.671. The number of aromatic nitrogens is 2. The van der Waals surface area contributed by atoms with Gasteiger partial charge >= 0.3 is 5.97 Å². The Morgan fingerprint density at radius 3 is 2.55 bits per heavy atom. The van der Waals surface area contributed by atoms with E-state index in [9.17, 15) is 9.90 Å². The van der Waals surface area contributed by atoms with E-state index in [1.54, 1.807) is 0 Å². The molecule has 0 saturated carbocycles. The van der Waals surface area contributed by atoms with Crippen LogP contribution in [0.3, 0.4) is 0 Å². The number of hydrogen-bond donors (Lipinski definition) is 2. The average molecular weight is 278 g/mol. The second-order valence-electron chi connectivity index (χ2n) is 4.20. The van der Waals surface area contributed by atoms with Gasteiger partial charge in [-0.15, -0.1) is 0 Å². The molecule has 0 fully saturated rings. The molecule has 0 saturated heterocycles. The van der Waals surface area contributed by atoms with Crippen LogP contribution in [0.4, 0.5) is 0 Å². The number of aliphatic hydroxyl groups is 1. The molecule has 6 nitrogen and oxygen atoms in total. The maximum absolute atomic E-state index is 10.7. The van der Waals surface area contributed by atoms with Crippen molar-refractivity contribution in [2.24, 2.45) is 7.05 Å². The number of rotatable bonds is 4. The Morgan fingerprint density at radius 1 is 1.40 bits per heavy atom. The third-order valence-corrected chi connectivity index (χ3v) is 2.52. The zero-order valence-corrected chi connectivity index (χ0v) is 11.3. The number of aliphatic hydroxyl groups excluding tert-OH is 1. The van der Waals surface area contributed by atoms with Crippen molar-refractivity contribution in [2.75, 3.05) is 6.61 Å². The summed E-state index contributed by atoms with van der Waals surface area (Å²) in [6.45, 7) is 1.17. The monoisotopic (exact) mass is 278 g/mol. The molecule has 0 amide bonds. The van der Waals surface area contributed by atoms with E-state index in [4.69, 9.17) is 10.2 Å². The van der Waals surface area contributed by atoms with Crippen LogP contribution in [0, 0.1) is 0 Å². The van der Waals surface area contributed by atoms with E-state index in [2.05, 4.69) is 4.57 Å². The van der Waals surface area contributed by atoms with Crippen molar-refractivity contribution < 1.29 is 24.7 Å². The normalized spacial score (nSPS) is 9.70. The number of imidazole rings is 1. The number of carbonyl (C=O) groups is 1. The van der Waals surface area contributed by atoms with Crippen molar-refractivity contribution in [1.82, 2.24) is 4.57 Å². The topological polar surface area (TPSA) is 89.4 Å². The maximum atomic E-state index is 10.7. The first-order chi connectivity index (χ1) is 9.54. The van der Waals surface area contributed by atoms with Crippen LogP contribution < -0.4 is 9.67 Å². The number of carboxylic acids is 1. The number of nitrogens with zero attached hydrogens (tertiary/aromatic N) is 2. The quantitative estimate of drug-likeness (QED) is 0.779. The summed E-state index contributed by atoms with van der Waals surface area (Å²) in [5.74, 6) is -1.62. The number of aryl methyl sites for hydroxylation is 2. The van der Waals surface area contributed by atoms with Crippen LogP contribution in [0.1, 0.15) is 16.8 Å². The number of aromatic carboxylic acids is 1. The van der Waals surface area contributed by atoms with Crippen molar-refractivity contribution >= 4 is 5.97 Å². The van der Waals surface area contributed by atoms with Gasteiger partial charge in [0.15, 0.2) is 0 Å². The van der Waals surface area contributed by atoms with E-state index in [0.29, 0.717) is 0 Å². The Balaban J connectivity index is 0.000000200. The third-order valence-electron chi connectivity index (χ3n) is 2.52. The Bertz CT molecular complexity index is 552. The fourth-order valence-electron chi connectivity index (χ4n) is 1.53. The van der Waals surface area contributed by atoms with Crippen molar-refractivity contribution in [1.29, 1.82) is 0 Å². The predicted molar refractivity (Wildman–Crippen MR) is 70.2 cm³/mol. The maximum Gasteiger partial charge on any atom is 0.335 e. The molecule has 0 atom stereocenters. The first-order valence-electron chi connectivity index (χ1n) is 6.16. The molecule has 6 heteroatoms. The van der Waals surface area contributed by atoms with Crippen LogP contribution in [0.5, 0.6) is 5.75 Å². The molecule has 0 aliphatic carbocycles. The van der Waals surface area contributed by atoms with E-state index in [-0.39, 0.29) is 12.2 Å². The van der Waals surface area contributed by atoms with Crippen molar-refractivity contribution in [3.8, 4) is 5.75 Å². The zero-order valence-electron chi connectivity index (χ0n) is 11.3. The molecule has 0 unspecified atom stereocenters. The molecule has 1 aromatic heterocycles. The van der Waals surface area contributed by atoms with Crippen LogP contribution in [-0.2, 0) is 13.6 Å². The summed E-state index contributed by atoms with van der Waals surface area (Å²) in [6.07, 6.45) is 6.80.